The summed E-state index contributed by atoms with van der Waals surface area (Å²) >= 11 is 0. The average molecular weight is 332 g/mol. The number of rotatable bonds is 0. The predicted molar refractivity (Wildman–Crippen MR) is 109 cm³/mol. The molecule has 0 atom stereocenters. The molecular weight excluding hydrogens is 320 g/mol. The van der Waals surface area contributed by atoms with E-state index in [2.05, 4.69) is 6.07 Å². The summed E-state index contributed by atoms with van der Waals surface area (Å²) in [6.45, 7) is 0. The van der Waals surface area contributed by atoms with E-state index >= 15 is 0 Å². The molecule has 0 aliphatic rings. The number of hydrogen-bond donors (Lipinski definition) is 0. The second-order valence-corrected chi connectivity index (χ2v) is 6.86. The van der Waals surface area contributed by atoms with Gasteiger partial charge >= 0.3 is 0 Å². The van der Waals surface area contributed by atoms with Crippen molar-refractivity contribution in [1.82, 2.24) is 0 Å². The van der Waals surface area contributed by atoms with E-state index in [9.17, 15) is 9.59 Å². The third kappa shape index (κ3) is 1.52. The van der Waals surface area contributed by atoms with Crippen molar-refractivity contribution in [3.8, 4) is 0 Å². The van der Waals surface area contributed by atoms with Crippen LogP contribution in [0, 0.1) is 0 Å². The van der Waals surface area contributed by atoms with Crippen molar-refractivity contribution < 1.29 is 0 Å². The Bertz CT molecular complexity index is 1600. The molecule has 0 radical (unpaired) electrons. The van der Waals surface area contributed by atoms with E-state index in [1.165, 1.54) is 0 Å². The molecule has 120 valence electrons. The lowest BCUT2D eigenvalue weighted by Crippen LogP contribution is -1.96. The van der Waals surface area contributed by atoms with Gasteiger partial charge in [0.1, 0.15) is 0 Å². The Labute approximate surface area is 147 Å². The van der Waals surface area contributed by atoms with E-state index in [1.54, 1.807) is 0 Å². The third-order valence-corrected chi connectivity index (χ3v) is 5.55. The Morgan fingerprint density at radius 3 is 1.77 bits per heavy atom. The van der Waals surface area contributed by atoms with Gasteiger partial charge in [-0.1, -0.05) is 60.7 Å². The van der Waals surface area contributed by atoms with Crippen LogP contribution in [-0.4, -0.2) is 0 Å². The molecule has 0 unspecified atom stereocenters. The highest BCUT2D eigenvalue weighted by molar-refractivity contribution is 6.24. The van der Waals surface area contributed by atoms with E-state index in [4.69, 9.17) is 0 Å². The molecule has 0 saturated carbocycles. The zero-order valence-corrected chi connectivity index (χ0v) is 13.7. The zero-order valence-electron chi connectivity index (χ0n) is 13.7. The van der Waals surface area contributed by atoms with E-state index < -0.39 is 0 Å². The van der Waals surface area contributed by atoms with Crippen molar-refractivity contribution in [2.45, 2.75) is 0 Å². The standard InChI is InChI=1S/C24H12O2/c25-23-17-7-3-2-6-15(17)20-11-13-9-10-16-14-5-1-4-8-18(14)24(26)22(16)19(13)12-21(20)23/h1-12H. The quantitative estimate of drug-likeness (QED) is 0.390. The molecule has 26 heavy (non-hydrogen) atoms. The van der Waals surface area contributed by atoms with Gasteiger partial charge in [-0.3, -0.25) is 9.59 Å². The Kier molecular flexibility index (Phi) is 2.41. The fourth-order valence-corrected chi connectivity index (χ4v) is 4.36. The summed E-state index contributed by atoms with van der Waals surface area (Å²) < 4.78 is 0. The molecule has 0 aliphatic heterocycles. The van der Waals surface area contributed by atoms with E-state index in [0.717, 1.165) is 48.5 Å². The van der Waals surface area contributed by atoms with Crippen LogP contribution in [0.2, 0.25) is 0 Å². The first-order chi connectivity index (χ1) is 12.7. The molecule has 6 aromatic rings. The smallest absolute Gasteiger partial charge is 0.194 e. The number of benzene rings is 4. The maximum Gasteiger partial charge on any atom is 0.194 e. The molecule has 0 amide bonds. The topological polar surface area (TPSA) is 34.1 Å². The Morgan fingerprint density at radius 2 is 1.04 bits per heavy atom. The molecule has 0 aromatic heterocycles. The van der Waals surface area contributed by atoms with Crippen molar-refractivity contribution in [3.63, 3.8) is 0 Å². The van der Waals surface area contributed by atoms with Crippen LogP contribution in [0.1, 0.15) is 0 Å². The molecule has 6 rings (SSSR count). The first-order valence-electron chi connectivity index (χ1n) is 8.63. The molecule has 0 spiro atoms. The van der Waals surface area contributed by atoms with Gasteiger partial charge in [0.2, 0.25) is 0 Å². The number of hydrogen-bond acceptors (Lipinski definition) is 2. The molecular formula is C24H12O2. The van der Waals surface area contributed by atoms with Crippen molar-refractivity contribution in [2.24, 2.45) is 0 Å². The zero-order chi connectivity index (χ0) is 17.4. The highest BCUT2D eigenvalue weighted by Gasteiger charge is 2.15. The lowest BCUT2D eigenvalue weighted by molar-refractivity contribution is 1.80. The minimum absolute atomic E-state index is 0.0399. The minimum atomic E-state index is 0.0399. The highest BCUT2D eigenvalue weighted by atomic mass is 16.1. The molecule has 0 saturated heterocycles. The summed E-state index contributed by atoms with van der Waals surface area (Å²) in [7, 11) is 0. The normalized spacial score (nSPS) is 12.2. The fourth-order valence-electron chi connectivity index (χ4n) is 4.36. The van der Waals surface area contributed by atoms with Crippen LogP contribution >= 0.6 is 0 Å². The van der Waals surface area contributed by atoms with Crippen molar-refractivity contribution >= 4 is 53.9 Å². The lowest BCUT2D eigenvalue weighted by atomic mass is 10.0. The fraction of sp³-hybridized carbons (Fsp3) is 0. The monoisotopic (exact) mass is 332 g/mol. The van der Waals surface area contributed by atoms with Crippen LogP contribution in [0.25, 0.3) is 53.9 Å². The van der Waals surface area contributed by atoms with Crippen LogP contribution in [0.5, 0.6) is 0 Å². The highest BCUT2D eigenvalue weighted by Crippen LogP contribution is 2.34. The van der Waals surface area contributed by atoms with Gasteiger partial charge in [0, 0.05) is 21.5 Å². The summed E-state index contributed by atoms with van der Waals surface area (Å²) in [5.74, 6) is 0. The molecule has 0 N–H and O–H groups in total. The van der Waals surface area contributed by atoms with Gasteiger partial charge in [0.25, 0.3) is 0 Å². The molecule has 2 heteroatoms. The van der Waals surface area contributed by atoms with Gasteiger partial charge < -0.3 is 0 Å². The molecule has 2 nitrogen and oxygen atoms in total. The largest absolute Gasteiger partial charge is 0.289 e. The summed E-state index contributed by atoms with van der Waals surface area (Å²) in [4.78, 5) is 25.9. The Morgan fingerprint density at radius 1 is 0.423 bits per heavy atom. The molecule has 0 aliphatic carbocycles. The van der Waals surface area contributed by atoms with E-state index in [0.29, 0.717) is 5.39 Å². The molecule has 0 heterocycles. The van der Waals surface area contributed by atoms with Crippen LogP contribution < -0.4 is 10.9 Å². The molecule has 0 bridgehead atoms. The lowest BCUT2D eigenvalue weighted by Gasteiger charge is -2.01. The molecule has 6 aromatic carbocycles. The summed E-state index contributed by atoms with van der Waals surface area (Å²) in [6, 6.07) is 23.4. The van der Waals surface area contributed by atoms with Gasteiger partial charge in [-0.15, -0.1) is 0 Å². The van der Waals surface area contributed by atoms with Crippen LogP contribution in [0.4, 0.5) is 0 Å². The minimum Gasteiger partial charge on any atom is -0.289 e. The maximum absolute atomic E-state index is 13.0. The van der Waals surface area contributed by atoms with E-state index in [1.807, 2.05) is 66.7 Å². The first-order valence-corrected chi connectivity index (χ1v) is 8.63. The second-order valence-electron chi connectivity index (χ2n) is 6.86. The van der Waals surface area contributed by atoms with Crippen LogP contribution in [-0.2, 0) is 0 Å². The van der Waals surface area contributed by atoms with Gasteiger partial charge in [0.05, 0.1) is 0 Å². The van der Waals surface area contributed by atoms with Crippen molar-refractivity contribution in [2.75, 3.05) is 0 Å². The Balaban J connectivity index is 1.93. The first kappa shape index (κ1) is 13.7. The Hall–Kier alpha value is -3.52. The number of fused-ring (bicyclic) bond motifs is 8. The summed E-state index contributed by atoms with van der Waals surface area (Å²) in [5.41, 5.74) is 0.0853. The van der Waals surface area contributed by atoms with Crippen molar-refractivity contribution in [1.29, 1.82) is 0 Å². The molecule has 0 fully saturated rings. The van der Waals surface area contributed by atoms with Gasteiger partial charge in [-0.25, -0.2) is 0 Å². The van der Waals surface area contributed by atoms with Gasteiger partial charge in [-0.2, -0.15) is 0 Å². The second kappa shape index (κ2) is 4.55. The van der Waals surface area contributed by atoms with Crippen LogP contribution in [0.15, 0.2) is 82.4 Å². The summed E-state index contributed by atoms with van der Waals surface area (Å²) in [5, 5.41) is 8.62. The third-order valence-electron chi connectivity index (χ3n) is 5.55. The van der Waals surface area contributed by atoms with Crippen molar-refractivity contribution in [3.05, 3.63) is 93.2 Å². The predicted octanol–water partition coefficient (Wildman–Crippen LogP) is 5.05. The SMILES string of the molecule is O=c1c2ccccc2c2cc3ccc4c5ccccc5c(=O)c4c3cc12. The maximum atomic E-state index is 13.0. The van der Waals surface area contributed by atoms with Gasteiger partial charge in [0.15, 0.2) is 10.9 Å². The average Bonchev–Trinajstić information content (AvgIpc) is 3.14. The van der Waals surface area contributed by atoms with Gasteiger partial charge in [-0.05, 0) is 44.5 Å². The summed E-state index contributed by atoms with van der Waals surface area (Å²) in [6.07, 6.45) is 0. The van der Waals surface area contributed by atoms with E-state index in [-0.39, 0.29) is 10.9 Å². The van der Waals surface area contributed by atoms with Crippen LogP contribution in [0.3, 0.4) is 0 Å².